The lowest BCUT2D eigenvalue weighted by molar-refractivity contribution is 0.278. The minimum absolute atomic E-state index is 0.246. The highest BCUT2D eigenvalue weighted by Gasteiger charge is 2.19. The van der Waals surface area contributed by atoms with Crippen LogP contribution in [0.25, 0.3) is 0 Å². The van der Waals surface area contributed by atoms with Crippen molar-refractivity contribution in [3.8, 4) is 0 Å². The molecule has 0 aromatic rings. The third-order valence-electron chi connectivity index (χ3n) is 4.26. The van der Waals surface area contributed by atoms with Gasteiger partial charge in [-0.1, -0.05) is 65.2 Å². The normalized spacial score (nSPS) is 19.8. The molecule has 0 saturated carbocycles. The Bertz CT molecular complexity index is 266. The largest absolute Gasteiger partial charge is 0.396 e. The number of nitrogens with one attached hydrogen (secondary N) is 1. The number of nitrogens with zero attached hydrogens (tertiary/aromatic N) is 1. The van der Waals surface area contributed by atoms with Crippen LogP contribution in [0.15, 0.2) is 4.99 Å². The molecule has 0 amide bonds. The highest BCUT2D eigenvalue weighted by Crippen LogP contribution is 2.16. The lowest BCUT2D eigenvalue weighted by Gasteiger charge is -2.11. The van der Waals surface area contributed by atoms with Gasteiger partial charge in [-0.25, -0.2) is 0 Å². The van der Waals surface area contributed by atoms with Crippen molar-refractivity contribution in [1.82, 2.24) is 5.32 Å². The molecule has 0 aliphatic carbocycles. The molecule has 2 unspecified atom stereocenters. The Balaban J connectivity index is 2.00. The van der Waals surface area contributed by atoms with Crippen molar-refractivity contribution in [2.75, 3.05) is 13.2 Å². The summed E-state index contributed by atoms with van der Waals surface area (Å²) in [5.41, 5.74) is 0. The maximum atomic E-state index is 8.93. The molecule has 1 aliphatic rings. The van der Waals surface area contributed by atoms with Crippen LogP contribution in [-0.2, 0) is 0 Å². The third kappa shape index (κ3) is 7.28. The first-order chi connectivity index (χ1) is 9.77. The molecule has 2 atom stereocenters. The van der Waals surface area contributed by atoms with Crippen molar-refractivity contribution >= 4 is 5.84 Å². The monoisotopic (exact) mass is 282 g/mol. The van der Waals surface area contributed by atoms with Gasteiger partial charge < -0.3 is 10.4 Å². The number of rotatable bonds is 12. The smallest absolute Gasteiger partial charge is 0.0996 e. The van der Waals surface area contributed by atoms with Gasteiger partial charge in [-0.15, -0.1) is 0 Å². The summed E-state index contributed by atoms with van der Waals surface area (Å²) in [6.45, 7) is 5.70. The van der Waals surface area contributed by atoms with Gasteiger partial charge >= 0.3 is 0 Å². The SMILES string of the molecule is CCCCCCCCCCC(C)C1=NC(CCO)CN1. The van der Waals surface area contributed by atoms with E-state index < -0.39 is 0 Å². The predicted molar refractivity (Wildman–Crippen MR) is 87.3 cm³/mol. The van der Waals surface area contributed by atoms with Crippen LogP contribution in [0.4, 0.5) is 0 Å². The van der Waals surface area contributed by atoms with E-state index in [0.29, 0.717) is 12.0 Å². The van der Waals surface area contributed by atoms with Crippen LogP contribution in [0.3, 0.4) is 0 Å². The maximum absolute atomic E-state index is 8.93. The maximum Gasteiger partial charge on any atom is 0.0996 e. The van der Waals surface area contributed by atoms with Crippen LogP contribution in [0.1, 0.15) is 78.1 Å². The summed E-state index contributed by atoms with van der Waals surface area (Å²) in [7, 11) is 0. The second-order valence-corrected chi connectivity index (χ2v) is 6.23. The van der Waals surface area contributed by atoms with Crippen molar-refractivity contribution in [2.24, 2.45) is 10.9 Å². The Labute approximate surface area is 125 Å². The van der Waals surface area contributed by atoms with Gasteiger partial charge in [0.05, 0.1) is 11.9 Å². The average molecular weight is 282 g/mol. The summed E-state index contributed by atoms with van der Waals surface area (Å²) < 4.78 is 0. The quantitative estimate of drug-likeness (QED) is 0.533. The zero-order valence-corrected chi connectivity index (χ0v) is 13.5. The van der Waals surface area contributed by atoms with E-state index in [1.165, 1.54) is 63.6 Å². The molecule has 2 N–H and O–H groups in total. The van der Waals surface area contributed by atoms with E-state index in [-0.39, 0.29) is 6.61 Å². The van der Waals surface area contributed by atoms with Crippen LogP contribution < -0.4 is 5.32 Å². The summed E-state index contributed by atoms with van der Waals surface area (Å²) >= 11 is 0. The van der Waals surface area contributed by atoms with Gasteiger partial charge in [0.1, 0.15) is 0 Å². The molecular weight excluding hydrogens is 248 g/mol. The molecule has 0 saturated heterocycles. The molecule has 118 valence electrons. The zero-order valence-electron chi connectivity index (χ0n) is 13.5. The molecule has 0 spiro atoms. The number of aliphatic hydroxyl groups is 1. The highest BCUT2D eigenvalue weighted by molar-refractivity contribution is 5.85. The summed E-state index contributed by atoms with van der Waals surface area (Å²) in [5, 5.41) is 12.3. The van der Waals surface area contributed by atoms with E-state index in [2.05, 4.69) is 24.2 Å². The van der Waals surface area contributed by atoms with E-state index in [0.717, 1.165) is 13.0 Å². The first-order valence-corrected chi connectivity index (χ1v) is 8.70. The van der Waals surface area contributed by atoms with Gasteiger partial charge in [0, 0.05) is 19.1 Å². The van der Waals surface area contributed by atoms with Crippen LogP contribution in [0.5, 0.6) is 0 Å². The summed E-state index contributed by atoms with van der Waals surface area (Å²) in [6.07, 6.45) is 13.1. The zero-order chi connectivity index (χ0) is 14.6. The van der Waals surface area contributed by atoms with Crippen LogP contribution >= 0.6 is 0 Å². The second kappa shape index (κ2) is 11.1. The second-order valence-electron chi connectivity index (χ2n) is 6.23. The molecular formula is C17H34N2O. The summed E-state index contributed by atoms with van der Waals surface area (Å²) in [6, 6.07) is 0.302. The molecule has 0 aromatic heterocycles. The van der Waals surface area contributed by atoms with E-state index in [9.17, 15) is 0 Å². The molecule has 0 aromatic carbocycles. The van der Waals surface area contributed by atoms with Crippen LogP contribution in [0.2, 0.25) is 0 Å². The number of unbranched alkanes of at least 4 members (excludes halogenated alkanes) is 7. The molecule has 0 fully saturated rings. The minimum atomic E-state index is 0.246. The van der Waals surface area contributed by atoms with Crippen LogP contribution in [-0.4, -0.2) is 30.1 Å². The Morgan fingerprint density at radius 3 is 2.45 bits per heavy atom. The van der Waals surface area contributed by atoms with Gasteiger partial charge in [0.2, 0.25) is 0 Å². The summed E-state index contributed by atoms with van der Waals surface area (Å²) in [5.74, 6) is 1.73. The van der Waals surface area contributed by atoms with E-state index in [4.69, 9.17) is 5.11 Å². The third-order valence-corrected chi connectivity index (χ3v) is 4.26. The first-order valence-electron chi connectivity index (χ1n) is 8.70. The van der Waals surface area contributed by atoms with Gasteiger partial charge in [-0.3, -0.25) is 4.99 Å². The van der Waals surface area contributed by atoms with Crippen molar-refractivity contribution in [3.63, 3.8) is 0 Å². The molecule has 3 heteroatoms. The van der Waals surface area contributed by atoms with Crippen molar-refractivity contribution in [3.05, 3.63) is 0 Å². The van der Waals surface area contributed by atoms with E-state index in [1.807, 2.05) is 0 Å². The van der Waals surface area contributed by atoms with Crippen molar-refractivity contribution in [2.45, 2.75) is 84.1 Å². The van der Waals surface area contributed by atoms with Gasteiger partial charge in [-0.2, -0.15) is 0 Å². The topological polar surface area (TPSA) is 44.6 Å². The molecule has 1 rings (SSSR count). The predicted octanol–water partition coefficient (Wildman–Crippen LogP) is 3.91. The molecule has 1 heterocycles. The number of amidine groups is 1. The number of aliphatic hydroxyl groups excluding tert-OH is 1. The Morgan fingerprint density at radius 1 is 1.15 bits per heavy atom. The Kier molecular flexibility index (Phi) is 9.73. The Morgan fingerprint density at radius 2 is 1.80 bits per heavy atom. The van der Waals surface area contributed by atoms with Crippen LogP contribution in [0, 0.1) is 5.92 Å². The molecule has 0 bridgehead atoms. The molecule has 20 heavy (non-hydrogen) atoms. The van der Waals surface area contributed by atoms with Gasteiger partial charge in [0.25, 0.3) is 0 Å². The fraction of sp³-hybridized carbons (Fsp3) is 0.941. The van der Waals surface area contributed by atoms with Crippen molar-refractivity contribution < 1.29 is 5.11 Å². The highest BCUT2D eigenvalue weighted by atomic mass is 16.3. The number of hydrogen-bond donors (Lipinski definition) is 2. The fourth-order valence-electron chi connectivity index (χ4n) is 2.85. The first kappa shape index (κ1) is 17.5. The number of aliphatic imine (C=N–C) groups is 1. The molecule has 1 aliphatic heterocycles. The van der Waals surface area contributed by atoms with E-state index >= 15 is 0 Å². The standard InChI is InChI=1S/C17H34N2O/c1-3-4-5-6-7-8-9-10-11-15(2)17-18-14-16(19-17)12-13-20/h15-16,20H,3-14H2,1-2H3,(H,18,19). The van der Waals surface area contributed by atoms with Gasteiger partial charge in [0.15, 0.2) is 0 Å². The fourth-order valence-corrected chi connectivity index (χ4v) is 2.85. The molecule has 0 radical (unpaired) electrons. The lowest BCUT2D eigenvalue weighted by Crippen LogP contribution is -2.26. The van der Waals surface area contributed by atoms with Crippen molar-refractivity contribution in [1.29, 1.82) is 0 Å². The molecule has 3 nitrogen and oxygen atoms in total. The van der Waals surface area contributed by atoms with Gasteiger partial charge in [-0.05, 0) is 12.8 Å². The number of hydrogen-bond acceptors (Lipinski definition) is 3. The lowest BCUT2D eigenvalue weighted by atomic mass is 10.0. The van der Waals surface area contributed by atoms with E-state index in [1.54, 1.807) is 0 Å². The average Bonchev–Trinajstić information content (AvgIpc) is 2.91. The summed E-state index contributed by atoms with van der Waals surface area (Å²) in [4.78, 5) is 4.67. The Hall–Kier alpha value is -0.570. The minimum Gasteiger partial charge on any atom is -0.396 e.